The number of nitrogens with zero attached hydrogens (tertiary/aromatic N) is 2. The third-order valence-corrected chi connectivity index (χ3v) is 10.7. The Labute approximate surface area is 235 Å². The van der Waals surface area contributed by atoms with E-state index < -0.39 is 0 Å². The van der Waals surface area contributed by atoms with Crippen LogP contribution in [-0.2, 0) is 19.1 Å². The van der Waals surface area contributed by atoms with E-state index in [1.165, 1.54) is 32.1 Å². The Morgan fingerprint density at radius 1 is 0.949 bits per heavy atom. The fourth-order valence-corrected chi connectivity index (χ4v) is 8.27. The summed E-state index contributed by atoms with van der Waals surface area (Å²) < 4.78 is 11.2. The summed E-state index contributed by atoms with van der Waals surface area (Å²) in [5, 5.41) is 7.03. The quantitative estimate of drug-likeness (QED) is 0.407. The highest BCUT2D eigenvalue weighted by atomic mass is 16.5. The number of rotatable bonds is 9. The van der Waals surface area contributed by atoms with Gasteiger partial charge in [-0.1, -0.05) is 32.1 Å². The van der Waals surface area contributed by atoms with E-state index in [1.54, 1.807) is 14.2 Å². The van der Waals surface area contributed by atoms with Crippen LogP contribution in [0.3, 0.4) is 0 Å². The molecule has 2 saturated carbocycles. The van der Waals surface area contributed by atoms with Crippen molar-refractivity contribution >= 4 is 11.8 Å². The first kappa shape index (κ1) is 29.2. The van der Waals surface area contributed by atoms with Crippen molar-refractivity contribution in [2.24, 2.45) is 29.4 Å². The second-order valence-corrected chi connectivity index (χ2v) is 12.9. The summed E-state index contributed by atoms with van der Waals surface area (Å²) in [6.45, 7) is 2.31. The molecule has 39 heavy (non-hydrogen) atoms. The zero-order valence-electron chi connectivity index (χ0n) is 24.3. The molecule has 2 amide bonds. The highest BCUT2D eigenvalue weighted by Crippen LogP contribution is 2.37. The van der Waals surface area contributed by atoms with Crippen LogP contribution in [0.25, 0.3) is 0 Å². The van der Waals surface area contributed by atoms with Crippen LogP contribution in [-0.4, -0.2) is 86.2 Å². The minimum Gasteiger partial charge on any atom is -0.379 e. The van der Waals surface area contributed by atoms with Crippen LogP contribution in [0.5, 0.6) is 0 Å². The van der Waals surface area contributed by atoms with Crippen LogP contribution >= 0.6 is 0 Å². The predicted octanol–water partition coefficient (Wildman–Crippen LogP) is 2.78. The van der Waals surface area contributed by atoms with E-state index in [2.05, 4.69) is 15.5 Å². The maximum Gasteiger partial charge on any atom is 0.229 e. The van der Waals surface area contributed by atoms with Gasteiger partial charge in [0.2, 0.25) is 11.8 Å². The molecule has 0 spiro atoms. The molecule has 0 aromatic carbocycles. The molecule has 5 fully saturated rings. The maximum absolute atomic E-state index is 13.7. The van der Waals surface area contributed by atoms with Crippen LogP contribution in [0, 0.1) is 23.7 Å². The third-order valence-electron chi connectivity index (χ3n) is 10.7. The summed E-state index contributed by atoms with van der Waals surface area (Å²) in [4.78, 5) is 31.6. The number of fused-ring (bicyclic) bond motifs is 2. The molecule has 222 valence electrons. The van der Waals surface area contributed by atoms with Gasteiger partial charge in [-0.3, -0.25) is 19.8 Å². The molecule has 0 bridgehead atoms. The molecule has 3 aliphatic heterocycles. The molecule has 0 aromatic rings. The van der Waals surface area contributed by atoms with E-state index in [0.29, 0.717) is 18.9 Å². The van der Waals surface area contributed by atoms with Crippen LogP contribution < -0.4 is 16.4 Å². The van der Waals surface area contributed by atoms with Gasteiger partial charge in [-0.05, 0) is 69.6 Å². The van der Waals surface area contributed by atoms with Crippen molar-refractivity contribution in [2.75, 3.05) is 33.9 Å². The molecule has 4 N–H and O–H groups in total. The lowest BCUT2D eigenvalue weighted by Crippen LogP contribution is -2.74. The highest BCUT2D eigenvalue weighted by Gasteiger charge is 2.52. The van der Waals surface area contributed by atoms with Crippen LogP contribution in [0.1, 0.15) is 89.9 Å². The summed E-state index contributed by atoms with van der Waals surface area (Å²) in [7, 11) is 3.51. The first-order chi connectivity index (χ1) is 19.0. The summed E-state index contributed by atoms with van der Waals surface area (Å²) in [6.07, 6.45) is 15.3. The first-order valence-electron chi connectivity index (χ1n) is 15.9. The number of carbonyl (C=O) groups is 2. The van der Waals surface area contributed by atoms with Gasteiger partial charge in [-0.25, -0.2) is 0 Å². The zero-order chi connectivity index (χ0) is 27.4. The molecule has 9 nitrogen and oxygen atoms in total. The Hall–Kier alpha value is -1.26. The van der Waals surface area contributed by atoms with E-state index in [0.717, 1.165) is 70.4 Å². The number of methoxy groups -OCH3 is 2. The molecular formula is C30H53N5O4. The van der Waals surface area contributed by atoms with Crippen molar-refractivity contribution in [1.29, 1.82) is 0 Å². The summed E-state index contributed by atoms with van der Waals surface area (Å²) >= 11 is 0. The van der Waals surface area contributed by atoms with Crippen molar-refractivity contribution in [3.63, 3.8) is 0 Å². The lowest BCUT2D eigenvalue weighted by molar-refractivity contribution is -0.162. The number of carbonyl (C=O) groups excluding carboxylic acids is 2. The summed E-state index contributed by atoms with van der Waals surface area (Å²) in [5.41, 5.74) is 6.91. The Morgan fingerprint density at radius 3 is 2.49 bits per heavy atom. The topological polar surface area (TPSA) is 109 Å². The van der Waals surface area contributed by atoms with Crippen molar-refractivity contribution < 1.29 is 19.1 Å². The minimum atomic E-state index is -0.375. The van der Waals surface area contributed by atoms with Gasteiger partial charge < -0.3 is 25.4 Å². The molecule has 5 aliphatic rings. The molecule has 8 atom stereocenters. The highest BCUT2D eigenvalue weighted by molar-refractivity contribution is 5.84. The fraction of sp³-hybridized carbons (Fsp3) is 0.933. The van der Waals surface area contributed by atoms with Gasteiger partial charge >= 0.3 is 0 Å². The Balaban J connectivity index is 1.22. The number of ether oxygens (including phenoxy) is 2. The zero-order valence-corrected chi connectivity index (χ0v) is 24.3. The lowest BCUT2D eigenvalue weighted by atomic mass is 9.79. The normalized spacial score (nSPS) is 38.2. The molecule has 8 unspecified atom stereocenters. The number of hydrogen-bond donors (Lipinski definition) is 3. The summed E-state index contributed by atoms with van der Waals surface area (Å²) in [5.74, 6) is 0.877. The van der Waals surface area contributed by atoms with Crippen LogP contribution in [0.2, 0.25) is 0 Å². The van der Waals surface area contributed by atoms with Gasteiger partial charge in [0.1, 0.15) is 0 Å². The first-order valence-corrected chi connectivity index (χ1v) is 15.9. The van der Waals surface area contributed by atoms with E-state index in [-0.39, 0.29) is 54.4 Å². The molecular weight excluding hydrogens is 494 g/mol. The van der Waals surface area contributed by atoms with E-state index in [1.807, 2.05) is 4.90 Å². The molecule has 3 saturated heterocycles. The second kappa shape index (κ2) is 13.6. The van der Waals surface area contributed by atoms with E-state index in [9.17, 15) is 9.59 Å². The minimum absolute atomic E-state index is 0.00560. The molecule has 5 rings (SSSR count). The molecule has 9 heteroatoms. The average molecular weight is 548 g/mol. The van der Waals surface area contributed by atoms with Crippen molar-refractivity contribution in [1.82, 2.24) is 20.4 Å². The van der Waals surface area contributed by atoms with Crippen molar-refractivity contribution in [3.05, 3.63) is 0 Å². The third kappa shape index (κ3) is 6.64. The van der Waals surface area contributed by atoms with E-state index in [4.69, 9.17) is 15.2 Å². The van der Waals surface area contributed by atoms with Crippen LogP contribution in [0.15, 0.2) is 0 Å². The lowest BCUT2D eigenvalue weighted by Gasteiger charge is -2.55. The van der Waals surface area contributed by atoms with Gasteiger partial charge in [-0.2, -0.15) is 0 Å². The van der Waals surface area contributed by atoms with Crippen molar-refractivity contribution in [2.45, 2.75) is 121 Å². The SMILES string of the molecule is COC1CCC(CCNC(=O)C2CC3C(=O)N4CCCCC4NC3N(CCC3CCCCC3)C2N)CC1OC. The van der Waals surface area contributed by atoms with Crippen molar-refractivity contribution in [3.8, 4) is 0 Å². The average Bonchev–Trinajstić information content (AvgIpc) is 2.97. The fourth-order valence-electron chi connectivity index (χ4n) is 8.27. The van der Waals surface area contributed by atoms with Gasteiger partial charge in [0.05, 0.1) is 42.5 Å². The van der Waals surface area contributed by atoms with Gasteiger partial charge in [0.25, 0.3) is 0 Å². The number of piperidine rings is 2. The maximum atomic E-state index is 13.7. The molecule has 0 aromatic heterocycles. The van der Waals surface area contributed by atoms with Gasteiger partial charge in [-0.15, -0.1) is 0 Å². The largest absolute Gasteiger partial charge is 0.379 e. The predicted molar refractivity (Wildman–Crippen MR) is 150 cm³/mol. The monoisotopic (exact) mass is 547 g/mol. The van der Waals surface area contributed by atoms with Gasteiger partial charge in [0, 0.05) is 33.9 Å². The summed E-state index contributed by atoms with van der Waals surface area (Å²) in [6, 6.07) is 0. The van der Waals surface area contributed by atoms with E-state index >= 15 is 0 Å². The number of nitrogens with one attached hydrogen (secondary N) is 2. The Bertz CT molecular complexity index is 823. The number of nitrogens with two attached hydrogens (primary N) is 1. The van der Waals surface area contributed by atoms with Crippen LogP contribution in [0.4, 0.5) is 0 Å². The smallest absolute Gasteiger partial charge is 0.229 e. The standard InChI is InChI=1S/C30H53N5O4/c1-38-24-12-11-21(18-25(24)39-2)13-15-32-29(36)22-19-23-28(33-26-10-6-7-16-34(26)30(23)37)35(27(22)31)17-14-20-8-4-3-5-9-20/h20-28,33H,3-19,31H2,1-2H3,(H,32,36). The molecule has 3 heterocycles. The number of hydrogen-bond acceptors (Lipinski definition) is 7. The molecule has 0 radical (unpaired) electrons. The number of likely N-dealkylation sites (tertiary alicyclic amines) is 1. The molecule has 2 aliphatic carbocycles. The Morgan fingerprint density at radius 2 is 1.72 bits per heavy atom. The number of amides is 2. The van der Waals surface area contributed by atoms with Gasteiger partial charge in [0.15, 0.2) is 0 Å². The Kier molecular flexibility index (Phi) is 10.2. The second-order valence-electron chi connectivity index (χ2n) is 12.9.